The lowest BCUT2D eigenvalue weighted by molar-refractivity contribution is 0.296. The van der Waals surface area contributed by atoms with Crippen LogP contribution in [0.1, 0.15) is 30.5 Å². The Morgan fingerprint density at radius 1 is 0.750 bits per heavy atom. The van der Waals surface area contributed by atoms with E-state index in [0.29, 0.717) is 0 Å². The van der Waals surface area contributed by atoms with Gasteiger partial charge in [-0.25, -0.2) is 0 Å². The molecule has 104 valence electrons. The van der Waals surface area contributed by atoms with Gasteiger partial charge in [-0.05, 0) is 29.8 Å². The molecule has 0 aliphatic rings. The first kappa shape index (κ1) is 14.5. The second kappa shape index (κ2) is 7.66. The molecule has 0 amide bonds. The zero-order valence-electron chi connectivity index (χ0n) is 12.4. The Balaban J connectivity index is 2.00. The smallest absolute Gasteiger partial charge is 0.0233 e. The maximum atomic E-state index is 2.43. The van der Waals surface area contributed by atoms with Crippen molar-refractivity contribution in [3.8, 4) is 0 Å². The quantitative estimate of drug-likeness (QED) is 0.684. The van der Waals surface area contributed by atoms with Crippen molar-refractivity contribution < 1.29 is 0 Å². The van der Waals surface area contributed by atoms with Crippen molar-refractivity contribution in [2.24, 2.45) is 0 Å². The zero-order chi connectivity index (χ0) is 14.2. The maximum Gasteiger partial charge on any atom is 0.0233 e. The van der Waals surface area contributed by atoms with Gasteiger partial charge in [0, 0.05) is 6.54 Å². The molecule has 0 aliphatic heterocycles. The Labute approximate surface area is 122 Å². The van der Waals surface area contributed by atoms with Crippen LogP contribution < -0.4 is 0 Å². The summed E-state index contributed by atoms with van der Waals surface area (Å²) in [5.41, 5.74) is 3.86. The minimum atomic E-state index is 1.04. The van der Waals surface area contributed by atoms with Crippen LogP contribution in [0.5, 0.6) is 0 Å². The Bertz CT molecular complexity index is 521. The van der Waals surface area contributed by atoms with Crippen LogP contribution in [0.2, 0.25) is 0 Å². The minimum absolute atomic E-state index is 1.04. The van der Waals surface area contributed by atoms with E-state index >= 15 is 0 Å². The lowest BCUT2D eigenvalue weighted by Gasteiger charge is -2.17. The number of nitrogens with zero attached hydrogens (tertiary/aromatic N) is 1. The highest BCUT2D eigenvalue weighted by atomic mass is 15.1. The fourth-order valence-electron chi connectivity index (χ4n) is 2.20. The number of rotatable bonds is 6. The van der Waals surface area contributed by atoms with E-state index < -0.39 is 0 Å². The van der Waals surface area contributed by atoms with Gasteiger partial charge in [-0.15, -0.1) is 0 Å². The van der Waals surface area contributed by atoms with Crippen LogP contribution in [0.4, 0.5) is 0 Å². The Morgan fingerprint density at radius 3 is 1.85 bits per heavy atom. The molecule has 1 nitrogen and oxygen atoms in total. The van der Waals surface area contributed by atoms with E-state index in [0.717, 1.165) is 19.6 Å². The molecular formula is C19H23N. The van der Waals surface area contributed by atoms with Crippen LogP contribution in [0.25, 0.3) is 12.2 Å². The highest BCUT2D eigenvalue weighted by Crippen LogP contribution is 2.11. The van der Waals surface area contributed by atoms with Crippen molar-refractivity contribution in [1.29, 1.82) is 0 Å². The molecule has 2 aromatic rings. The first-order valence-corrected chi connectivity index (χ1v) is 7.36. The Kier molecular flexibility index (Phi) is 5.57. The van der Waals surface area contributed by atoms with Crippen LogP contribution in [-0.2, 0) is 6.54 Å². The summed E-state index contributed by atoms with van der Waals surface area (Å²) in [4.78, 5) is 2.43. The van der Waals surface area contributed by atoms with Gasteiger partial charge >= 0.3 is 0 Å². The van der Waals surface area contributed by atoms with Crippen molar-refractivity contribution in [3.05, 3.63) is 71.3 Å². The molecule has 2 rings (SSSR count). The molecule has 0 aromatic heterocycles. The van der Waals surface area contributed by atoms with E-state index in [1.807, 2.05) is 6.07 Å². The molecule has 0 unspecified atom stereocenters. The van der Waals surface area contributed by atoms with Crippen LogP contribution in [0.3, 0.4) is 0 Å². The Hall–Kier alpha value is -1.86. The van der Waals surface area contributed by atoms with E-state index in [-0.39, 0.29) is 0 Å². The van der Waals surface area contributed by atoms with Crippen LogP contribution in [-0.4, -0.2) is 18.0 Å². The standard InChI is InChI=1S/C19H23N/c1-3-20(4-2)16-19-14-12-18(13-15-19)11-10-17-8-6-5-7-9-17/h5-15H,3-4,16H2,1-2H3/b11-10+. The average Bonchev–Trinajstić information content (AvgIpc) is 2.53. The van der Waals surface area contributed by atoms with Gasteiger partial charge in [-0.2, -0.15) is 0 Å². The fourth-order valence-corrected chi connectivity index (χ4v) is 2.20. The van der Waals surface area contributed by atoms with Gasteiger partial charge in [0.15, 0.2) is 0 Å². The third-order valence-electron chi connectivity index (χ3n) is 3.55. The van der Waals surface area contributed by atoms with Crippen molar-refractivity contribution >= 4 is 12.2 Å². The van der Waals surface area contributed by atoms with E-state index in [1.165, 1.54) is 16.7 Å². The molecule has 0 bridgehead atoms. The lowest BCUT2D eigenvalue weighted by atomic mass is 10.1. The molecule has 0 spiro atoms. The molecule has 0 saturated carbocycles. The van der Waals surface area contributed by atoms with E-state index in [9.17, 15) is 0 Å². The van der Waals surface area contributed by atoms with E-state index in [1.54, 1.807) is 0 Å². The van der Waals surface area contributed by atoms with E-state index in [2.05, 4.69) is 79.4 Å². The van der Waals surface area contributed by atoms with Crippen molar-refractivity contribution in [3.63, 3.8) is 0 Å². The van der Waals surface area contributed by atoms with Crippen LogP contribution in [0.15, 0.2) is 54.6 Å². The second-order valence-corrected chi connectivity index (χ2v) is 4.95. The average molecular weight is 265 g/mol. The summed E-state index contributed by atoms with van der Waals surface area (Å²) in [6, 6.07) is 19.2. The summed E-state index contributed by atoms with van der Waals surface area (Å²) >= 11 is 0. The largest absolute Gasteiger partial charge is 0.300 e. The molecule has 0 radical (unpaired) electrons. The first-order valence-electron chi connectivity index (χ1n) is 7.36. The van der Waals surface area contributed by atoms with Crippen molar-refractivity contribution in [2.45, 2.75) is 20.4 Å². The molecule has 0 fully saturated rings. The molecule has 0 heterocycles. The van der Waals surface area contributed by atoms with Gasteiger partial charge in [-0.1, -0.05) is 80.6 Å². The SMILES string of the molecule is CCN(CC)Cc1ccc(/C=C/c2ccccc2)cc1. The summed E-state index contributed by atoms with van der Waals surface area (Å²) in [6.45, 7) is 7.66. The number of hydrogen-bond acceptors (Lipinski definition) is 1. The Morgan fingerprint density at radius 2 is 1.30 bits per heavy atom. The second-order valence-electron chi connectivity index (χ2n) is 4.95. The van der Waals surface area contributed by atoms with Crippen molar-refractivity contribution in [1.82, 2.24) is 4.90 Å². The lowest BCUT2D eigenvalue weighted by Crippen LogP contribution is -2.21. The van der Waals surface area contributed by atoms with Crippen molar-refractivity contribution in [2.75, 3.05) is 13.1 Å². The fraction of sp³-hybridized carbons (Fsp3) is 0.263. The zero-order valence-corrected chi connectivity index (χ0v) is 12.4. The highest BCUT2D eigenvalue weighted by Gasteiger charge is 2.00. The van der Waals surface area contributed by atoms with Crippen LogP contribution in [0, 0.1) is 0 Å². The first-order chi connectivity index (χ1) is 9.81. The van der Waals surface area contributed by atoms with Gasteiger partial charge in [-0.3, -0.25) is 4.90 Å². The monoisotopic (exact) mass is 265 g/mol. The third-order valence-corrected chi connectivity index (χ3v) is 3.55. The van der Waals surface area contributed by atoms with Gasteiger partial charge in [0.25, 0.3) is 0 Å². The predicted octanol–water partition coefficient (Wildman–Crippen LogP) is 4.70. The van der Waals surface area contributed by atoms with E-state index in [4.69, 9.17) is 0 Å². The molecule has 0 aliphatic carbocycles. The maximum absolute atomic E-state index is 2.43. The molecule has 0 atom stereocenters. The number of hydrogen-bond donors (Lipinski definition) is 0. The summed E-state index contributed by atoms with van der Waals surface area (Å²) < 4.78 is 0. The normalized spacial score (nSPS) is 11.3. The number of benzene rings is 2. The molecule has 2 aromatic carbocycles. The molecular weight excluding hydrogens is 242 g/mol. The minimum Gasteiger partial charge on any atom is -0.300 e. The topological polar surface area (TPSA) is 3.24 Å². The summed E-state index contributed by atoms with van der Waals surface area (Å²) in [6.07, 6.45) is 4.32. The van der Waals surface area contributed by atoms with Crippen LogP contribution >= 0.6 is 0 Å². The van der Waals surface area contributed by atoms with Gasteiger partial charge in [0.05, 0.1) is 0 Å². The molecule has 1 heteroatoms. The van der Waals surface area contributed by atoms with Gasteiger partial charge in [0.2, 0.25) is 0 Å². The van der Waals surface area contributed by atoms with Gasteiger partial charge < -0.3 is 0 Å². The predicted molar refractivity (Wildman–Crippen MR) is 88.4 cm³/mol. The van der Waals surface area contributed by atoms with Gasteiger partial charge in [0.1, 0.15) is 0 Å². The highest BCUT2D eigenvalue weighted by molar-refractivity contribution is 5.69. The summed E-state index contributed by atoms with van der Waals surface area (Å²) in [7, 11) is 0. The summed E-state index contributed by atoms with van der Waals surface area (Å²) in [5, 5.41) is 0. The summed E-state index contributed by atoms with van der Waals surface area (Å²) in [5.74, 6) is 0. The molecule has 20 heavy (non-hydrogen) atoms. The molecule has 0 N–H and O–H groups in total. The molecule has 0 saturated heterocycles. The third kappa shape index (κ3) is 4.36.